The lowest BCUT2D eigenvalue weighted by Gasteiger charge is -2.16. The highest BCUT2D eigenvalue weighted by atomic mass is 16.5. The number of ether oxygens (including phenoxy) is 4. The second-order valence-corrected chi connectivity index (χ2v) is 8.98. The minimum absolute atomic E-state index is 0.413. The quantitative estimate of drug-likeness (QED) is 0.294. The fourth-order valence-electron chi connectivity index (χ4n) is 3.89. The van der Waals surface area contributed by atoms with Crippen LogP contribution in [0.2, 0.25) is 0 Å². The van der Waals surface area contributed by atoms with Crippen LogP contribution in [0.5, 0.6) is 23.0 Å². The summed E-state index contributed by atoms with van der Waals surface area (Å²) in [5, 5.41) is 3.66. The summed E-state index contributed by atoms with van der Waals surface area (Å²) in [6, 6.07) is 9.16. The number of unbranched alkanes of at least 4 members (excludes halogenated alkanes) is 3. The maximum absolute atomic E-state index is 12.3. The predicted octanol–water partition coefficient (Wildman–Crippen LogP) is 6.33. The van der Waals surface area contributed by atoms with Gasteiger partial charge in [-0.3, -0.25) is 10.3 Å². The molecular weight excluding hydrogens is 458 g/mol. The smallest absolute Gasteiger partial charge is 0.411 e. The van der Waals surface area contributed by atoms with Crippen LogP contribution in [0, 0.1) is 13.8 Å². The van der Waals surface area contributed by atoms with Crippen molar-refractivity contribution in [1.82, 2.24) is 9.88 Å². The molecule has 194 valence electrons. The van der Waals surface area contributed by atoms with Crippen LogP contribution in [0.1, 0.15) is 36.8 Å². The lowest BCUT2D eigenvalue weighted by molar-refractivity contribution is 0.159. The number of hydrogen-bond donors (Lipinski definition) is 1. The van der Waals surface area contributed by atoms with Gasteiger partial charge in [-0.1, -0.05) is 12.8 Å². The minimum atomic E-state index is -0.444. The number of nitrogens with one attached hydrogen (secondary N) is 1. The zero-order valence-corrected chi connectivity index (χ0v) is 22.1. The first-order chi connectivity index (χ1) is 17.3. The predicted molar refractivity (Wildman–Crippen MR) is 143 cm³/mol. The number of anilines is 1. The highest BCUT2D eigenvalue weighted by Crippen LogP contribution is 2.38. The Kier molecular flexibility index (Phi) is 9.76. The number of fused-ring (bicyclic) bond motifs is 1. The SMILES string of the molecule is COc1cc2nccc(Oc3ccc(NC(=O)OCCCCCCN(C)C)c(C)c3C)c2cc1OC. The van der Waals surface area contributed by atoms with Crippen LogP contribution in [0.4, 0.5) is 10.5 Å². The molecule has 1 heterocycles. The van der Waals surface area contributed by atoms with Gasteiger partial charge >= 0.3 is 6.09 Å². The summed E-state index contributed by atoms with van der Waals surface area (Å²) >= 11 is 0. The van der Waals surface area contributed by atoms with Crippen molar-refractivity contribution in [2.45, 2.75) is 39.5 Å². The van der Waals surface area contributed by atoms with Gasteiger partial charge in [0.1, 0.15) is 11.5 Å². The summed E-state index contributed by atoms with van der Waals surface area (Å²) in [6.07, 6.45) is 5.45. The van der Waals surface area contributed by atoms with Crippen molar-refractivity contribution in [2.24, 2.45) is 0 Å². The Balaban J connectivity index is 1.63. The van der Waals surface area contributed by atoms with Crippen LogP contribution in [-0.4, -0.2) is 57.4 Å². The zero-order valence-electron chi connectivity index (χ0n) is 22.1. The number of pyridine rings is 1. The molecule has 0 aliphatic carbocycles. The van der Waals surface area contributed by atoms with Gasteiger partial charge < -0.3 is 23.8 Å². The van der Waals surface area contributed by atoms with Crippen molar-refractivity contribution < 1.29 is 23.7 Å². The first-order valence-electron chi connectivity index (χ1n) is 12.2. The number of methoxy groups -OCH3 is 2. The Bertz CT molecular complexity index is 1180. The Hall–Kier alpha value is -3.52. The average Bonchev–Trinajstić information content (AvgIpc) is 2.87. The molecule has 1 aromatic heterocycles. The van der Waals surface area contributed by atoms with Crippen LogP contribution >= 0.6 is 0 Å². The molecule has 0 bridgehead atoms. The van der Waals surface area contributed by atoms with E-state index < -0.39 is 6.09 Å². The van der Waals surface area contributed by atoms with Gasteiger partial charge in [-0.25, -0.2) is 4.79 Å². The van der Waals surface area contributed by atoms with E-state index in [9.17, 15) is 4.79 Å². The van der Waals surface area contributed by atoms with Gasteiger partial charge in [0.2, 0.25) is 0 Å². The lowest BCUT2D eigenvalue weighted by atomic mass is 10.1. The number of aromatic nitrogens is 1. The maximum atomic E-state index is 12.3. The number of amides is 1. The molecule has 36 heavy (non-hydrogen) atoms. The summed E-state index contributed by atoms with van der Waals surface area (Å²) in [4.78, 5) is 18.9. The zero-order chi connectivity index (χ0) is 26.1. The Morgan fingerprint density at radius 1 is 0.889 bits per heavy atom. The maximum Gasteiger partial charge on any atom is 0.411 e. The summed E-state index contributed by atoms with van der Waals surface area (Å²) in [6.45, 7) is 5.40. The molecule has 0 aliphatic rings. The molecule has 8 nitrogen and oxygen atoms in total. The molecule has 2 aromatic carbocycles. The van der Waals surface area contributed by atoms with Gasteiger partial charge in [-0.15, -0.1) is 0 Å². The van der Waals surface area contributed by atoms with Crippen molar-refractivity contribution in [1.29, 1.82) is 0 Å². The third-order valence-electron chi connectivity index (χ3n) is 6.13. The summed E-state index contributed by atoms with van der Waals surface area (Å²) in [5.41, 5.74) is 3.25. The first-order valence-corrected chi connectivity index (χ1v) is 12.2. The molecular formula is C28H37N3O5. The van der Waals surface area contributed by atoms with Gasteiger partial charge in [0.05, 0.1) is 26.3 Å². The topological polar surface area (TPSA) is 82.2 Å². The molecule has 0 radical (unpaired) electrons. The molecule has 0 saturated heterocycles. The van der Waals surface area contributed by atoms with Crippen LogP contribution < -0.4 is 19.5 Å². The van der Waals surface area contributed by atoms with Gasteiger partial charge in [0, 0.05) is 23.3 Å². The molecule has 0 atom stereocenters. The van der Waals surface area contributed by atoms with Crippen LogP contribution in [0.25, 0.3) is 10.9 Å². The summed E-state index contributed by atoms with van der Waals surface area (Å²) in [5.74, 6) is 2.54. The van der Waals surface area contributed by atoms with E-state index in [0.717, 1.165) is 54.3 Å². The van der Waals surface area contributed by atoms with Crippen molar-refractivity contribution in [3.63, 3.8) is 0 Å². The molecule has 3 rings (SSSR count). The second kappa shape index (κ2) is 13.0. The summed E-state index contributed by atoms with van der Waals surface area (Å²) in [7, 11) is 7.34. The van der Waals surface area contributed by atoms with Gasteiger partial charge in [0.25, 0.3) is 0 Å². The monoisotopic (exact) mass is 495 g/mol. The van der Waals surface area contributed by atoms with Crippen LogP contribution in [0.15, 0.2) is 36.5 Å². The van der Waals surface area contributed by atoms with E-state index >= 15 is 0 Å². The van der Waals surface area contributed by atoms with E-state index in [2.05, 4.69) is 29.3 Å². The third kappa shape index (κ3) is 7.01. The van der Waals surface area contributed by atoms with Crippen LogP contribution in [-0.2, 0) is 4.74 Å². The fraction of sp³-hybridized carbons (Fsp3) is 0.429. The number of benzene rings is 2. The molecule has 3 aromatic rings. The highest BCUT2D eigenvalue weighted by Gasteiger charge is 2.15. The third-order valence-corrected chi connectivity index (χ3v) is 6.13. The second-order valence-electron chi connectivity index (χ2n) is 8.98. The van der Waals surface area contributed by atoms with Crippen molar-refractivity contribution in [3.8, 4) is 23.0 Å². The molecule has 0 saturated carbocycles. The molecule has 1 amide bonds. The Labute approximate surface area is 213 Å². The van der Waals surface area contributed by atoms with Crippen LogP contribution in [0.3, 0.4) is 0 Å². The normalized spacial score (nSPS) is 11.0. The Morgan fingerprint density at radius 3 is 2.33 bits per heavy atom. The fourth-order valence-corrected chi connectivity index (χ4v) is 3.89. The number of nitrogens with zero attached hydrogens (tertiary/aromatic N) is 2. The van der Waals surface area contributed by atoms with Crippen molar-refractivity contribution in [3.05, 3.63) is 47.7 Å². The molecule has 0 spiro atoms. The van der Waals surface area contributed by atoms with Gasteiger partial charge in [-0.2, -0.15) is 0 Å². The molecule has 0 aliphatic heterocycles. The number of carbonyl (C=O) groups excluding carboxylic acids is 1. The van der Waals surface area contributed by atoms with Gasteiger partial charge in [-0.05, 0) is 82.7 Å². The molecule has 8 heteroatoms. The highest BCUT2D eigenvalue weighted by molar-refractivity contribution is 5.89. The van der Waals surface area contributed by atoms with E-state index in [1.807, 2.05) is 44.2 Å². The summed E-state index contributed by atoms with van der Waals surface area (Å²) < 4.78 is 22.5. The Morgan fingerprint density at radius 2 is 1.61 bits per heavy atom. The van der Waals surface area contributed by atoms with Gasteiger partial charge in [0.15, 0.2) is 11.5 Å². The van der Waals surface area contributed by atoms with Crippen molar-refractivity contribution >= 4 is 22.7 Å². The number of rotatable bonds is 12. The lowest BCUT2D eigenvalue weighted by Crippen LogP contribution is -2.15. The standard InChI is InChI=1S/C28H37N3O5/c1-19-20(2)24(12-11-22(19)30-28(32)35-16-10-8-7-9-15-31(3)4)36-25-13-14-29-23-18-27(34-6)26(33-5)17-21(23)25/h11-14,17-18H,7-10,15-16H2,1-6H3,(H,30,32). The van der Waals surface area contributed by atoms with E-state index in [1.165, 1.54) is 0 Å². The van der Waals surface area contributed by atoms with E-state index in [1.54, 1.807) is 20.4 Å². The number of hydrogen-bond acceptors (Lipinski definition) is 7. The minimum Gasteiger partial charge on any atom is -0.493 e. The van der Waals surface area contributed by atoms with Crippen molar-refractivity contribution in [2.75, 3.05) is 46.8 Å². The number of carbonyl (C=O) groups is 1. The molecule has 0 fully saturated rings. The van der Waals surface area contributed by atoms with E-state index in [-0.39, 0.29) is 0 Å². The molecule has 0 unspecified atom stereocenters. The molecule has 1 N–H and O–H groups in total. The first kappa shape index (κ1) is 27.1. The average molecular weight is 496 g/mol. The van der Waals surface area contributed by atoms with E-state index in [0.29, 0.717) is 35.3 Å². The largest absolute Gasteiger partial charge is 0.493 e. The van der Waals surface area contributed by atoms with E-state index in [4.69, 9.17) is 18.9 Å².